The van der Waals surface area contributed by atoms with Crippen molar-refractivity contribution in [2.75, 3.05) is 13.7 Å². The lowest BCUT2D eigenvalue weighted by Gasteiger charge is -2.36. The van der Waals surface area contributed by atoms with Crippen molar-refractivity contribution in [2.24, 2.45) is 0 Å². The standard InChI is InChI=1S/C17H24BrNO.C2H2O4/c1-12(13-3-5-14(18)6-4-13)11-20-17-9-15-7-8-16(10-17)19(15)2;3-1(4)2(5)6/h3-6,12,15-17H,7-11H2,1-2H3;(H,3,4)(H,5,6). The first-order valence-corrected chi connectivity index (χ1v) is 9.62. The highest BCUT2D eigenvalue weighted by Crippen LogP contribution is 2.35. The molecule has 0 spiro atoms. The summed E-state index contributed by atoms with van der Waals surface area (Å²) in [5.41, 5.74) is 1.36. The van der Waals surface area contributed by atoms with Crippen molar-refractivity contribution in [3.63, 3.8) is 0 Å². The molecule has 3 unspecified atom stereocenters. The lowest BCUT2D eigenvalue weighted by molar-refractivity contribution is -0.159. The molecule has 2 fully saturated rings. The molecule has 0 aromatic heterocycles. The SMILES string of the molecule is CC(COC1CC2CCC(C1)N2C)c1ccc(Br)cc1.O=C(O)C(=O)O. The van der Waals surface area contributed by atoms with Crippen LogP contribution in [0, 0.1) is 0 Å². The molecular formula is C19H26BrNO5. The molecule has 0 radical (unpaired) electrons. The Hall–Kier alpha value is -1.44. The lowest BCUT2D eigenvalue weighted by Crippen LogP contribution is -2.43. The summed E-state index contributed by atoms with van der Waals surface area (Å²) >= 11 is 3.49. The number of fused-ring (bicyclic) bond motifs is 2. The summed E-state index contributed by atoms with van der Waals surface area (Å²) in [5.74, 6) is -3.18. The van der Waals surface area contributed by atoms with Gasteiger partial charge in [0, 0.05) is 22.5 Å². The van der Waals surface area contributed by atoms with E-state index < -0.39 is 11.9 Å². The second kappa shape index (κ2) is 9.48. The molecule has 0 aliphatic carbocycles. The first kappa shape index (κ1) is 20.9. The van der Waals surface area contributed by atoms with Gasteiger partial charge in [-0.3, -0.25) is 0 Å². The zero-order valence-electron chi connectivity index (χ0n) is 15.1. The fourth-order valence-electron chi connectivity index (χ4n) is 3.67. The molecule has 2 aliphatic heterocycles. The molecule has 0 saturated carbocycles. The lowest BCUT2D eigenvalue weighted by atomic mass is 9.99. The van der Waals surface area contributed by atoms with Crippen LogP contribution in [0.1, 0.15) is 44.1 Å². The predicted octanol–water partition coefficient (Wildman–Crippen LogP) is 3.35. The third kappa shape index (κ3) is 5.79. The number of rotatable bonds is 4. The van der Waals surface area contributed by atoms with Crippen LogP contribution in [0.2, 0.25) is 0 Å². The van der Waals surface area contributed by atoms with Gasteiger partial charge in [0.1, 0.15) is 0 Å². The summed E-state index contributed by atoms with van der Waals surface area (Å²) in [6.07, 6.45) is 5.65. The van der Waals surface area contributed by atoms with Crippen molar-refractivity contribution in [3.8, 4) is 0 Å². The minimum absolute atomic E-state index is 0.473. The third-order valence-electron chi connectivity index (χ3n) is 5.26. The summed E-state index contributed by atoms with van der Waals surface area (Å²) in [4.78, 5) is 20.8. The van der Waals surface area contributed by atoms with Crippen molar-refractivity contribution >= 4 is 27.9 Å². The number of hydrogen-bond donors (Lipinski definition) is 2. The average molecular weight is 428 g/mol. The Kier molecular flexibility index (Phi) is 7.61. The van der Waals surface area contributed by atoms with E-state index in [2.05, 4.69) is 59.1 Å². The number of carbonyl (C=O) groups is 2. The van der Waals surface area contributed by atoms with Gasteiger partial charge < -0.3 is 19.8 Å². The second-order valence-corrected chi connectivity index (χ2v) is 7.96. The van der Waals surface area contributed by atoms with E-state index in [9.17, 15) is 0 Å². The van der Waals surface area contributed by atoms with Crippen LogP contribution < -0.4 is 0 Å². The number of halogens is 1. The molecule has 3 rings (SSSR count). The van der Waals surface area contributed by atoms with Crippen molar-refractivity contribution in [1.82, 2.24) is 4.90 Å². The maximum Gasteiger partial charge on any atom is 0.414 e. The Morgan fingerprint density at radius 1 is 1.15 bits per heavy atom. The van der Waals surface area contributed by atoms with Crippen molar-refractivity contribution < 1.29 is 24.5 Å². The largest absolute Gasteiger partial charge is 0.473 e. The van der Waals surface area contributed by atoms with Gasteiger partial charge in [-0.15, -0.1) is 0 Å². The minimum Gasteiger partial charge on any atom is -0.473 e. The zero-order chi connectivity index (χ0) is 19.3. The van der Waals surface area contributed by atoms with Gasteiger partial charge in [0.2, 0.25) is 0 Å². The van der Waals surface area contributed by atoms with Crippen LogP contribution in [0.5, 0.6) is 0 Å². The van der Waals surface area contributed by atoms with Gasteiger partial charge in [-0.25, -0.2) is 9.59 Å². The van der Waals surface area contributed by atoms with Crippen molar-refractivity contribution in [1.29, 1.82) is 0 Å². The number of piperidine rings is 1. The Labute approximate surface area is 162 Å². The summed E-state index contributed by atoms with van der Waals surface area (Å²) < 4.78 is 7.36. The Morgan fingerprint density at radius 3 is 2.12 bits per heavy atom. The van der Waals surface area contributed by atoms with Gasteiger partial charge in [-0.05, 0) is 50.4 Å². The van der Waals surface area contributed by atoms with Crippen LogP contribution in [0.15, 0.2) is 28.7 Å². The number of ether oxygens (including phenoxy) is 1. The highest BCUT2D eigenvalue weighted by molar-refractivity contribution is 9.10. The minimum atomic E-state index is -1.82. The molecule has 26 heavy (non-hydrogen) atoms. The van der Waals surface area contributed by atoms with Gasteiger partial charge in [0.25, 0.3) is 0 Å². The predicted molar refractivity (Wildman–Crippen MR) is 101 cm³/mol. The molecule has 2 aliphatic rings. The van der Waals surface area contributed by atoms with Crippen LogP contribution in [0.25, 0.3) is 0 Å². The van der Waals surface area contributed by atoms with Crippen LogP contribution >= 0.6 is 15.9 Å². The number of benzene rings is 1. The monoisotopic (exact) mass is 427 g/mol. The first-order chi connectivity index (χ1) is 12.3. The van der Waals surface area contributed by atoms with Gasteiger partial charge in [0.05, 0.1) is 12.7 Å². The molecule has 3 atom stereocenters. The molecule has 2 N–H and O–H groups in total. The smallest absolute Gasteiger partial charge is 0.414 e. The topological polar surface area (TPSA) is 87.1 Å². The highest BCUT2D eigenvalue weighted by atomic mass is 79.9. The molecule has 6 nitrogen and oxygen atoms in total. The van der Waals surface area contributed by atoms with E-state index in [4.69, 9.17) is 24.5 Å². The molecule has 1 aromatic rings. The fraction of sp³-hybridized carbons (Fsp3) is 0.579. The van der Waals surface area contributed by atoms with E-state index in [0.29, 0.717) is 12.0 Å². The Morgan fingerprint density at radius 2 is 1.65 bits per heavy atom. The van der Waals surface area contributed by atoms with Crippen molar-refractivity contribution in [2.45, 2.75) is 56.7 Å². The van der Waals surface area contributed by atoms with E-state index in [1.54, 1.807) is 0 Å². The first-order valence-electron chi connectivity index (χ1n) is 8.83. The van der Waals surface area contributed by atoms with E-state index in [1.807, 2.05) is 0 Å². The molecule has 7 heteroatoms. The van der Waals surface area contributed by atoms with Crippen LogP contribution in [-0.2, 0) is 14.3 Å². The van der Waals surface area contributed by atoms with Crippen LogP contribution in [0.4, 0.5) is 0 Å². The van der Waals surface area contributed by atoms with Gasteiger partial charge in [-0.2, -0.15) is 0 Å². The molecular weight excluding hydrogens is 402 g/mol. The van der Waals surface area contributed by atoms with Gasteiger partial charge in [-0.1, -0.05) is 35.0 Å². The quantitative estimate of drug-likeness (QED) is 0.716. The number of carboxylic acid groups (broad SMARTS) is 2. The van der Waals surface area contributed by atoms with E-state index in [0.717, 1.165) is 23.2 Å². The van der Waals surface area contributed by atoms with Gasteiger partial charge in [0.15, 0.2) is 0 Å². The van der Waals surface area contributed by atoms with E-state index in [-0.39, 0.29) is 0 Å². The number of aliphatic carboxylic acids is 2. The number of carboxylic acids is 2. The zero-order valence-corrected chi connectivity index (χ0v) is 16.7. The van der Waals surface area contributed by atoms with Gasteiger partial charge >= 0.3 is 11.9 Å². The van der Waals surface area contributed by atoms with Crippen molar-refractivity contribution in [3.05, 3.63) is 34.3 Å². The highest BCUT2D eigenvalue weighted by Gasteiger charge is 2.38. The molecule has 144 valence electrons. The average Bonchev–Trinajstić information content (AvgIpc) is 2.82. The molecule has 1 aromatic carbocycles. The maximum absolute atomic E-state index is 9.10. The Balaban J connectivity index is 0.000000352. The second-order valence-electron chi connectivity index (χ2n) is 7.04. The fourth-order valence-corrected chi connectivity index (χ4v) is 3.93. The molecule has 0 amide bonds. The number of hydrogen-bond acceptors (Lipinski definition) is 4. The third-order valence-corrected chi connectivity index (χ3v) is 5.79. The number of nitrogens with zero attached hydrogens (tertiary/aromatic N) is 1. The normalized spacial score (nSPS) is 25.9. The van der Waals surface area contributed by atoms with Crippen LogP contribution in [0.3, 0.4) is 0 Å². The molecule has 2 bridgehead atoms. The van der Waals surface area contributed by atoms with E-state index >= 15 is 0 Å². The molecule has 2 heterocycles. The summed E-state index contributed by atoms with van der Waals surface area (Å²) in [6, 6.07) is 10.1. The van der Waals surface area contributed by atoms with Crippen LogP contribution in [-0.4, -0.2) is 58.9 Å². The maximum atomic E-state index is 9.10. The summed E-state index contributed by atoms with van der Waals surface area (Å²) in [5, 5.41) is 14.8. The molecule has 2 saturated heterocycles. The summed E-state index contributed by atoms with van der Waals surface area (Å²) in [6.45, 7) is 3.10. The Bertz CT molecular complexity index is 595. The van der Waals surface area contributed by atoms with E-state index in [1.165, 1.54) is 31.2 Å². The summed E-state index contributed by atoms with van der Waals surface area (Å²) in [7, 11) is 2.28.